The first-order valence-electron chi connectivity index (χ1n) is 12.5. The number of benzene rings is 2. The Balaban J connectivity index is 1.51. The first kappa shape index (κ1) is 26.9. The number of nitrogens with zero attached hydrogens (tertiary/aromatic N) is 5. The Morgan fingerprint density at radius 1 is 0.974 bits per heavy atom. The molecule has 0 N–H and O–H groups in total. The van der Waals surface area contributed by atoms with E-state index in [2.05, 4.69) is 31.9 Å². The Bertz CT molecular complexity index is 1530. The lowest BCUT2D eigenvalue weighted by Crippen LogP contribution is -2.48. The highest BCUT2D eigenvalue weighted by molar-refractivity contribution is 9.10. The molecule has 0 aliphatic carbocycles. The maximum absolute atomic E-state index is 13.7. The van der Waals surface area contributed by atoms with Crippen molar-refractivity contribution in [3.05, 3.63) is 104 Å². The molecule has 7 nitrogen and oxygen atoms in total. The van der Waals surface area contributed by atoms with E-state index in [1.807, 2.05) is 11.0 Å². The SMILES string of the molecule is COCCn1c(=O)c(C#N)c(N2CCN(C(c3ccc(F)cc3)c3ccc(F)cc3)CC2)c2nc(Br)ccc21. The number of pyridine rings is 2. The largest absolute Gasteiger partial charge is 0.383 e. The van der Waals surface area contributed by atoms with Crippen LogP contribution in [0.4, 0.5) is 14.5 Å². The van der Waals surface area contributed by atoms with Gasteiger partial charge in [-0.15, -0.1) is 0 Å². The second kappa shape index (κ2) is 11.6. The summed E-state index contributed by atoms with van der Waals surface area (Å²) >= 11 is 3.44. The molecule has 0 atom stereocenters. The topological polar surface area (TPSA) is 74.4 Å². The standard InChI is InChI=1S/C29H26BrF2N5O2/c1-39-17-16-37-24-10-11-25(30)34-26(24)28(23(18-33)29(37)38)36-14-12-35(13-15-36)27(19-2-6-21(31)7-3-19)20-4-8-22(32)9-5-20/h2-11,27H,12-17H2,1H3. The van der Waals surface area contributed by atoms with E-state index >= 15 is 0 Å². The molecule has 0 bridgehead atoms. The molecule has 0 amide bonds. The summed E-state index contributed by atoms with van der Waals surface area (Å²) in [5.41, 5.74) is 3.18. The van der Waals surface area contributed by atoms with Crippen molar-refractivity contribution in [2.45, 2.75) is 12.6 Å². The highest BCUT2D eigenvalue weighted by Gasteiger charge is 2.30. The van der Waals surface area contributed by atoms with Gasteiger partial charge in [-0.05, 0) is 63.5 Å². The molecule has 0 spiro atoms. The van der Waals surface area contributed by atoms with Crippen LogP contribution in [0.3, 0.4) is 0 Å². The van der Waals surface area contributed by atoms with Crippen LogP contribution in [0.1, 0.15) is 22.7 Å². The van der Waals surface area contributed by atoms with Gasteiger partial charge in [-0.2, -0.15) is 5.26 Å². The maximum Gasteiger partial charge on any atom is 0.271 e. The molecule has 5 rings (SSSR count). The van der Waals surface area contributed by atoms with Crippen molar-refractivity contribution >= 4 is 32.7 Å². The molecule has 1 saturated heterocycles. The lowest BCUT2D eigenvalue weighted by atomic mass is 9.96. The van der Waals surface area contributed by atoms with E-state index in [9.17, 15) is 18.8 Å². The fourth-order valence-electron chi connectivity index (χ4n) is 5.21. The summed E-state index contributed by atoms with van der Waals surface area (Å²) in [6, 6.07) is 18.2. The number of nitriles is 1. The first-order valence-corrected chi connectivity index (χ1v) is 13.3. The third kappa shape index (κ3) is 5.43. The monoisotopic (exact) mass is 593 g/mol. The van der Waals surface area contributed by atoms with Gasteiger partial charge < -0.3 is 14.2 Å². The van der Waals surface area contributed by atoms with Gasteiger partial charge in [0, 0.05) is 39.8 Å². The second-order valence-electron chi connectivity index (χ2n) is 9.32. The molecule has 0 radical (unpaired) electrons. The van der Waals surface area contributed by atoms with E-state index in [-0.39, 0.29) is 28.8 Å². The molecule has 0 unspecified atom stereocenters. The normalized spacial score (nSPS) is 14.2. The molecule has 2 aromatic heterocycles. The van der Waals surface area contributed by atoms with Crippen molar-refractivity contribution in [3.8, 4) is 6.07 Å². The minimum atomic E-state index is -0.376. The number of piperazine rings is 1. The van der Waals surface area contributed by atoms with E-state index in [4.69, 9.17) is 4.74 Å². The third-order valence-electron chi connectivity index (χ3n) is 7.05. The molecular formula is C29H26BrF2N5O2. The number of aromatic nitrogens is 2. The van der Waals surface area contributed by atoms with Gasteiger partial charge in [0.15, 0.2) is 0 Å². The number of rotatable bonds is 7. The quantitative estimate of drug-likeness (QED) is 0.285. The van der Waals surface area contributed by atoms with Crippen molar-refractivity contribution in [1.29, 1.82) is 5.26 Å². The summed E-state index contributed by atoms with van der Waals surface area (Å²) in [5.74, 6) is -0.646. The predicted octanol–water partition coefficient (Wildman–Crippen LogP) is 4.87. The maximum atomic E-state index is 13.7. The number of ether oxygens (including phenoxy) is 1. The van der Waals surface area contributed by atoms with Gasteiger partial charge in [-0.1, -0.05) is 24.3 Å². The van der Waals surface area contributed by atoms with E-state index in [1.165, 1.54) is 28.8 Å². The van der Waals surface area contributed by atoms with Crippen LogP contribution in [0.15, 0.2) is 70.1 Å². The molecule has 0 saturated carbocycles. The van der Waals surface area contributed by atoms with E-state index in [0.717, 1.165) is 11.1 Å². The van der Waals surface area contributed by atoms with Crippen molar-refractivity contribution in [1.82, 2.24) is 14.5 Å². The number of halogens is 3. The van der Waals surface area contributed by atoms with Gasteiger partial charge in [0.25, 0.3) is 5.56 Å². The summed E-state index contributed by atoms with van der Waals surface area (Å²) in [5, 5.41) is 10.1. The van der Waals surface area contributed by atoms with Crippen molar-refractivity contribution in [2.75, 3.05) is 44.8 Å². The average Bonchev–Trinajstić information content (AvgIpc) is 2.95. The Morgan fingerprint density at radius 2 is 1.56 bits per heavy atom. The molecule has 1 aliphatic heterocycles. The molecule has 39 heavy (non-hydrogen) atoms. The first-order chi connectivity index (χ1) is 18.9. The van der Waals surface area contributed by atoms with E-state index < -0.39 is 0 Å². The highest BCUT2D eigenvalue weighted by atomic mass is 79.9. The van der Waals surface area contributed by atoms with Gasteiger partial charge in [0.1, 0.15) is 33.4 Å². The van der Waals surface area contributed by atoms with Gasteiger partial charge in [-0.25, -0.2) is 13.8 Å². The van der Waals surface area contributed by atoms with Crippen LogP contribution in [-0.2, 0) is 11.3 Å². The highest BCUT2D eigenvalue weighted by Crippen LogP contribution is 2.33. The number of hydrogen-bond acceptors (Lipinski definition) is 6. The second-order valence-corrected chi connectivity index (χ2v) is 10.1. The molecular weight excluding hydrogens is 568 g/mol. The molecule has 2 aromatic carbocycles. The van der Waals surface area contributed by atoms with Gasteiger partial charge in [-0.3, -0.25) is 9.69 Å². The summed E-state index contributed by atoms with van der Waals surface area (Å²) in [6.07, 6.45) is 0. The van der Waals surface area contributed by atoms with Gasteiger partial charge >= 0.3 is 0 Å². The molecule has 3 heterocycles. The van der Waals surface area contributed by atoms with Crippen LogP contribution in [0.5, 0.6) is 0 Å². The molecule has 200 valence electrons. The molecule has 1 fully saturated rings. The fraction of sp³-hybridized carbons (Fsp3) is 0.276. The Morgan fingerprint density at radius 3 is 2.10 bits per heavy atom. The summed E-state index contributed by atoms with van der Waals surface area (Å²) < 4.78 is 34.7. The number of methoxy groups -OCH3 is 1. The average molecular weight is 594 g/mol. The Labute approximate surface area is 233 Å². The number of hydrogen-bond donors (Lipinski definition) is 0. The molecule has 10 heteroatoms. The smallest absolute Gasteiger partial charge is 0.271 e. The van der Waals surface area contributed by atoms with Crippen LogP contribution in [-0.4, -0.2) is 54.3 Å². The van der Waals surface area contributed by atoms with E-state index in [1.54, 1.807) is 37.4 Å². The van der Waals surface area contributed by atoms with Gasteiger partial charge in [0.2, 0.25) is 0 Å². The summed E-state index contributed by atoms with van der Waals surface area (Å²) in [4.78, 5) is 22.4. The van der Waals surface area contributed by atoms with Crippen LogP contribution in [0, 0.1) is 23.0 Å². The minimum absolute atomic E-state index is 0.0475. The number of fused-ring (bicyclic) bond motifs is 1. The summed E-state index contributed by atoms with van der Waals surface area (Å²) in [7, 11) is 1.56. The zero-order valence-electron chi connectivity index (χ0n) is 21.3. The van der Waals surface area contributed by atoms with Crippen LogP contribution >= 0.6 is 15.9 Å². The molecule has 4 aromatic rings. The Hall–Kier alpha value is -3.65. The predicted molar refractivity (Wildman–Crippen MR) is 149 cm³/mol. The van der Waals surface area contributed by atoms with E-state index in [0.29, 0.717) is 60.7 Å². The van der Waals surface area contributed by atoms with Crippen LogP contribution < -0.4 is 10.5 Å². The van der Waals surface area contributed by atoms with Crippen molar-refractivity contribution < 1.29 is 13.5 Å². The summed E-state index contributed by atoms with van der Waals surface area (Å²) in [6.45, 7) is 2.85. The van der Waals surface area contributed by atoms with Crippen molar-refractivity contribution in [2.24, 2.45) is 0 Å². The van der Waals surface area contributed by atoms with Crippen LogP contribution in [0.25, 0.3) is 11.0 Å². The fourth-order valence-corrected chi connectivity index (χ4v) is 5.51. The van der Waals surface area contributed by atoms with Crippen LogP contribution in [0.2, 0.25) is 0 Å². The zero-order chi connectivity index (χ0) is 27.5. The lowest BCUT2D eigenvalue weighted by molar-refractivity contribution is 0.187. The molecule has 1 aliphatic rings. The van der Waals surface area contributed by atoms with Gasteiger partial charge in [0.05, 0.1) is 23.9 Å². The lowest BCUT2D eigenvalue weighted by Gasteiger charge is -2.41. The third-order valence-corrected chi connectivity index (χ3v) is 7.49. The Kier molecular flexibility index (Phi) is 8.02. The van der Waals surface area contributed by atoms with Crippen molar-refractivity contribution in [3.63, 3.8) is 0 Å². The minimum Gasteiger partial charge on any atom is -0.383 e. The number of anilines is 1. The zero-order valence-corrected chi connectivity index (χ0v) is 22.9.